The largest absolute Gasteiger partial charge is 0.509 e. The van der Waals surface area contributed by atoms with Crippen LogP contribution in [-0.4, -0.2) is 25.2 Å². The highest BCUT2D eigenvalue weighted by Crippen LogP contribution is 2.01. The first-order valence-electron chi connectivity index (χ1n) is 2.11. The van der Waals surface area contributed by atoms with E-state index in [0.717, 1.165) is 0 Å². The number of carbonyl (C=O) groups excluding carboxylic acids is 2. The first-order valence-corrected chi connectivity index (χ1v) is 2.11. The highest BCUT2D eigenvalue weighted by molar-refractivity contribution is 5.69. The van der Waals surface area contributed by atoms with Crippen molar-refractivity contribution in [2.24, 2.45) is 0 Å². The van der Waals surface area contributed by atoms with Crippen molar-refractivity contribution in [1.29, 1.82) is 0 Å². The Morgan fingerprint density at radius 2 is 2.50 bits per heavy atom. The van der Waals surface area contributed by atoms with Gasteiger partial charge in [0.2, 0.25) is 0 Å². The number of rotatable bonds is 1. The SMILES string of the molecule is O=CC1COC(=O)O1. The Labute approximate surface area is 45.4 Å². The summed E-state index contributed by atoms with van der Waals surface area (Å²) < 4.78 is 8.55. The number of carbonyl (C=O) groups is 2. The molecule has 4 nitrogen and oxygen atoms in total. The minimum atomic E-state index is -0.762. The Kier molecular flexibility index (Phi) is 1.15. The molecule has 1 rings (SSSR count). The average Bonchev–Trinajstić information content (AvgIpc) is 2.14. The van der Waals surface area contributed by atoms with Gasteiger partial charge in [-0.3, -0.25) is 4.79 Å². The van der Waals surface area contributed by atoms with Crippen molar-refractivity contribution in [3.63, 3.8) is 0 Å². The summed E-state index contributed by atoms with van der Waals surface area (Å²) in [6.07, 6.45) is -0.908. The van der Waals surface area contributed by atoms with Crippen LogP contribution in [0.25, 0.3) is 0 Å². The Hall–Kier alpha value is -1.06. The Morgan fingerprint density at radius 3 is 2.75 bits per heavy atom. The molecule has 1 unspecified atom stereocenters. The van der Waals surface area contributed by atoms with Crippen LogP contribution in [0.1, 0.15) is 0 Å². The second kappa shape index (κ2) is 1.81. The predicted octanol–water partition coefficient (Wildman–Crippen LogP) is -0.279. The van der Waals surface area contributed by atoms with E-state index >= 15 is 0 Å². The van der Waals surface area contributed by atoms with Gasteiger partial charge in [0, 0.05) is 0 Å². The number of cyclic esters (lactones) is 2. The van der Waals surface area contributed by atoms with Crippen molar-refractivity contribution in [2.75, 3.05) is 6.61 Å². The van der Waals surface area contributed by atoms with Gasteiger partial charge in [-0.15, -0.1) is 0 Å². The fraction of sp³-hybridized carbons (Fsp3) is 0.500. The number of hydrogen-bond donors (Lipinski definition) is 0. The van der Waals surface area contributed by atoms with Gasteiger partial charge >= 0.3 is 6.16 Å². The van der Waals surface area contributed by atoms with E-state index < -0.39 is 12.3 Å². The zero-order valence-corrected chi connectivity index (χ0v) is 3.99. The van der Waals surface area contributed by atoms with Crippen molar-refractivity contribution in [1.82, 2.24) is 0 Å². The fourth-order valence-corrected chi connectivity index (χ4v) is 0.409. The molecule has 0 bridgehead atoms. The molecule has 1 saturated heterocycles. The molecule has 44 valence electrons. The van der Waals surface area contributed by atoms with Crippen molar-refractivity contribution in [3.8, 4) is 0 Å². The molecule has 1 fully saturated rings. The zero-order chi connectivity index (χ0) is 5.98. The lowest BCUT2D eigenvalue weighted by molar-refractivity contribution is -0.113. The van der Waals surface area contributed by atoms with Crippen LogP contribution < -0.4 is 0 Å². The van der Waals surface area contributed by atoms with Crippen LogP contribution in [0, 0.1) is 0 Å². The summed E-state index contributed by atoms with van der Waals surface area (Å²) in [5.41, 5.74) is 0. The van der Waals surface area contributed by atoms with Crippen LogP contribution in [0.2, 0.25) is 0 Å². The standard InChI is InChI=1S/C4H4O4/c5-1-3-2-7-4(6)8-3/h1,3H,2H2. The van der Waals surface area contributed by atoms with Crippen LogP contribution in [0.5, 0.6) is 0 Å². The van der Waals surface area contributed by atoms with Crippen LogP contribution in [-0.2, 0) is 14.3 Å². The first-order chi connectivity index (χ1) is 3.83. The molecule has 0 amide bonds. The molecule has 1 heterocycles. The quantitative estimate of drug-likeness (QED) is 0.349. The van der Waals surface area contributed by atoms with Gasteiger partial charge in [0.25, 0.3) is 0 Å². The lowest BCUT2D eigenvalue weighted by Gasteiger charge is -1.89. The molecular weight excluding hydrogens is 112 g/mol. The van der Waals surface area contributed by atoms with Gasteiger partial charge in [-0.25, -0.2) is 4.79 Å². The van der Waals surface area contributed by atoms with Crippen molar-refractivity contribution in [3.05, 3.63) is 0 Å². The first kappa shape index (κ1) is 5.08. The molecule has 0 saturated carbocycles. The maximum absolute atomic E-state index is 10.0. The van der Waals surface area contributed by atoms with Crippen molar-refractivity contribution in [2.45, 2.75) is 6.10 Å². The second-order valence-corrected chi connectivity index (χ2v) is 1.35. The summed E-state index contributed by atoms with van der Waals surface area (Å²) >= 11 is 0. The highest BCUT2D eigenvalue weighted by Gasteiger charge is 2.23. The van der Waals surface area contributed by atoms with E-state index in [4.69, 9.17) is 0 Å². The molecule has 0 aromatic carbocycles. The van der Waals surface area contributed by atoms with Crippen LogP contribution in [0.15, 0.2) is 0 Å². The molecule has 0 N–H and O–H groups in total. The van der Waals surface area contributed by atoms with Crippen molar-refractivity contribution >= 4 is 12.4 Å². The van der Waals surface area contributed by atoms with Crippen LogP contribution in [0.4, 0.5) is 4.79 Å². The topological polar surface area (TPSA) is 52.6 Å². The van der Waals surface area contributed by atoms with Crippen LogP contribution in [0.3, 0.4) is 0 Å². The minimum absolute atomic E-state index is 0.0579. The molecule has 1 aliphatic heterocycles. The number of aldehydes is 1. The van der Waals surface area contributed by atoms with E-state index in [1.54, 1.807) is 0 Å². The van der Waals surface area contributed by atoms with Gasteiger partial charge in [-0.1, -0.05) is 0 Å². The van der Waals surface area contributed by atoms with Crippen LogP contribution >= 0.6 is 0 Å². The Balaban J connectivity index is 2.43. The Bertz CT molecular complexity index is 119. The molecule has 0 aliphatic carbocycles. The van der Waals surface area contributed by atoms with Gasteiger partial charge in [-0.05, 0) is 0 Å². The van der Waals surface area contributed by atoms with E-state index in [1.807, 2.05) is 0 Å². The summed E-state index contributed by atoms with van der Waals surface area (Å²) in [7, 11) is 0. The molecule has 0 radical (unpaired) electrons. The molecular formula is C4H4O4. The molecule has 1 aliphatic rings. The molecule has 1 atom stereocenters. The zero-order valence-electron chi connectivity index (χ0n) is 3.99. The molecule has 4 heteroatoms. The third-order valence-corrected chi connectivity index (χ3v) is 0.765. The van der Waals surface area contributed by atoms with Crippen molar-refractivity contribution < 1.29 is 19.1 Å². The predicted molar refractivity (Wildman–Crippen MR) is 22.3 cm³/mol. The van der Waals surface area contributed by atoms with E-state index in [-0.39, 0.29) is 6.61 Å². The van der Waals surface area contributed by atoms with Gasteiger partial charge in [-0.2, -0.15) is 0 Å². The minimum Gasteiger partial charge on any atom is -0.430 e. The number of ether oxygens (including phenoxy) is 2. The third kappa shape index (κ3) is 0.776. The van der Waals surface area contributed by atoms with E-state index in [2.05, 4.69) is 9.47 Å². The van der Waals surface area contributed by atoms with E-state index in [0.29, 0.717) is 6.29 Å². The summed E-state index contributed by atoms with van der Waals surface area (Å²) in [6.45, 7) is 0.0579. The van der Waals surface area contributed by atoms with E-state index in [1.165, 1.54) is 0 Å². The highest BCUT2D eigenvalue weighted by atomic mass is 16.8. The average molecular weight is 116 g/mol. The molecule has 8 heavy (non-hydrogen) atoms. The molecule has 0 spiro atoms. The summed E-state index contributed by atoms with van der Waals surface area (Å²) in [6, 6.07) is 0. The molecule has 0 aromatic rings. The van der Waals surface area contributed by atoms with Gasteiger partial charge < -0.3 is 9.47 Å². The Morgan fingerprint density at radius 1 is 1.75 bits per heavy atom. The molecule has 0 aromatic heterocycles. The van der Waals surface area contributed by atoms with E-state index in [9.17, 15) is 9.59 Å². The van der Waals surface area contributed by atoms with Gasteiger partial charge in [0.05, 0.1) is 0 Å². The summed E-state index contributed by atoms with van der Waals surface area (Å²) in [5.74, 6) is 0. The number of hydrogen-bond acceptors (Lipinski definition) is 4. The lowest BCUT2D eigenvalue weighted by Crippen LogP contribution is -2.10. The monoisotopic (exact) mass is 116 g/mol. The second-order valence-electron chi connectivity index (χ2n) is 1.35. The lowest BCUT2D eigenvalue weighted by atomic mass is 10.4. The summed E-state index contributed by atoms with van der Waals surface area (Å²) in [5, 5.41) is 0. The summed E-state index contributed by atoms with van der Waals surface area (Å²) in [4.78, 5) is 19.8. The fourth-order valence-electron chi connectivity index (χ4n) is 0.409. The maximum Gasteiger partial charge on any atom is 0.509 e. The van der Waals surface area contributed by atoms with Gasteiger partial charge in [0.15, 0.2) is 12.4 Å². The maximum atomic E-state index is 10.0. The van der Waals surface area contributed by atoms with Gasteiger partial charge in [0.1, 0.15) is 6.61 Å². The smallest absolute Gasteiger partial charge is 0.430 e. The normalized spacial score (nSPS) is 26.5. The third-order valence-electron chi connectivity index (χ3n) is 0.765.